The molecule has 3 aromatic rings. The second-order valence-corrected chi connectivity index (χ2v) is 5.89. The van der Waals surface area contributed by atoms with Gasteiger partial charge in [0.1, 0.15) is 0 Å². The Kier molecular flexibility index (Phi) is 4.84. The van der Waals surface area contributed by atoms with E-state index >= 15 is 0 Å². The fraction of sp³-hybridized carbons (Fsp3) is 0.200. The number of fused-ring (bicyclic) bond motifs is 1. The van der Waals surface area contributed by atoms with E-state index in [1.54, 1.807) is 6.20 Å². The first-order chi connectivity index (χ1) is 12.1. The van der Waals surface area contributed by atoms with Gasteiger partial charge in [-0.2, -0.15) is 0 Å². The number of amides is 1. The van der Waals surface area contributed by atoms with Crippen LogP contribution in [-0.2, 0) is 16.6 Å². The smallest absolute Gasteiger partial charge is 0.307 e. The van der Waals surface area contributed by atoms with Crippen LogP contribution in [0.3, 0.4) is 0 Å². The molecule has 1 aromatic heterocycles. The molecule has 5 heteroatoms. The highest BCUT2D eigenvalue weighted by Crippen LogP contribution is 2.23. The number of nitrogens with zero attached hydrogens (tertiary/aromatic N) is 1. The molecule has 1 N–H and O–H groups in total. The molecule has 0 aliphatic carbocycles. The normalized spacial score (nSPS) is 11.9. The molecule has 25 heavy (non-hydrogen) atoms. The van der Waals surface area contributed by atoms with E-state index in [2.05, 4.69) is 5.32 Å². The molecule has 0 radical (unpaired) electrons. The van der Waals surface area contributed by atoms with Gasteiger partial charge in [-0.25, -0.2) is 0 Å². The van der Waals surface area contributed by atoms with Gasteiger partial charge in [0.15, 0.2) is 0 Å². The predicted molar refractivity (Wildman–Crippen MR) is 96.2 cm³/mol. The zero-order valence-corrected chi connectivity index (χ0v) is 14.2. The highest BCUT2D eigenvalue weighted by Gasteiger charge is 2.21. The maximum absolute atomic E-state index is 12.8. The lowest BCUT2D eigenvalue weighted by Crippen LogP contribution is -2.30. The lowest BCUT2D eigenvalue weighted by molar-refractivity contribution is -0.141. The van der Waals surface area contributed by atoms with E-state index in [4.69, 9.17) is 4.74 Å². The fourth-order valence-electron chi connectivity index (χ4n) is 2.95. The van der Waals surface area contributed by atoms with Gasteiger partial charge in [0.05, 0.1) is 25.1 Å². The van der Waals surface area contributed by atoms with Crippen LogP contribution in [0.1, 0.15) is 28.4 Å². The Morgan fingerprint density at radius 1 is 1.08 bits per heavy atom. The molecule has 5 nitrogen and oxygen atoms in total. The van der Waals surface area contributed by atoms with Gasteiger partial charge in [-0.05, 0) is 11.6 Å². The van der Waals surface area contributed by atoms with Gasteiger partial charge in [0.2, 0.25) is 0 Å². The number of carbonyl (C=O) groups excluding carboxylic acids is 2. The Balaban J connectivity index is 1.90. The molecule has 0 spiro atoms. The lowest BCUT2D eigenvalue weighted by Gasteiger charge is -2.18. The molecule has 0 aliphatic rings. The molecule has 128 valence electrons. The van der Waals surface area contributed by atoms with Crippen LogP contribution in [-0.4, -0.2) is 23.6 Å². The van der Waals surface area contributed by atoms with Crippen molar-refractivity contribution in [2.45, 2.75) is 12.5 Å². The number of hydrogen-bond acceptors (Lipinski definition) is 3. The molecule has 1 heterocycles. The van der Waals surface area contributed by atoms with Crippen molar-refractivity contribution in [2.75, 3.05) is 7.11 Å². The van der Waals surface area contributed by atoms with Gasteiger partial charge < -0.3 is 14.6 Å². The summed E-state index contributed by atoms with van der Waals surface area (Å²) in [7, 11) is 3.25. The topological polar surface area (TPSA) is 60.3 Å². The largest absolute Gasteiger partial charge is 0.469 e. The molecule has 0 fully saturated rings. The van der Waals surface area contributed by atoms with E-state index in [-0.39, 0.29) is 18.3 Å². The summed E-state index contributed by atoms with van der Waals surface area (Å²) >= 11 is 0. The predicted octanol–water partition coefficient (Wildman–Crippen LogP) is 3.21. The van der Waals surface area contributed by atoms with Crippen LogP contribution < -0.4 is 5.32 Å². The number of rotatable bonds is 5. The summed E-state index contributed by atoms with van der Waals surface area (Å²) < 4.78 is 6.69. The summed E-state index contributed by atoms with van der Waals surface area (Å²) in [5, 5.41) is 3.85. The second-order valence-electron chi connectivity index (χ2n) is 5.89. The number of aromatic nitrogens is 1. The van der Waals surface area contributed by atoms with Crippen molar-refractivity contribution in [3.8, 4) is 0 Å². The average molecular weight is 336 g/mol. The van der Waals surface area contributed by atoms with Crippen LogP contribution in [0.5, 0.6) is 0 Å². The molecule has 3 rings (SSSR count). The Hall–Kier alpha value is -3.08. The standard InChI is InChI=1S/C20H20N2O3/c1-22-13-16(15-10-6-7-11-18(15)22)20(24)21-17(12-19(23)25-2)14-8-4-3-5-9-14/h3-11,13,17H,12H2,1-2H3,(H,21,24)/t17-/m0/s1. The van der Waals surface area contributed by atoms with Crippen molar-refractivity contribution in [1.29, 1.82) is 0 Å². The van der Waals surface area contributed by atoms with Crippen LogP contribution >= 0.6 is 0 Å². The van der Waals surface area contributed by atoms with Crippen LogP contribution in [0, 0.1) is 0 Å². The fourth-order valence-corrected chi connectivity index (χ4v) is 2.95. The molecule has 0 saturated carbocycles. The molecule has 0 aliphatic heterocycles. The maximum atomic E-state index is 12.8. The van der Waals surface area contributed by atoms with Gasteiger partial charge >= 0.3 is 5.97 Å². The van der Waals surface area contributed by atoms with Crippen LogP contribution in [0.25, 0.3) is 10.9 Å². The Morgan fingerprint density at radius 2 is 1.76 bits per heavy atom. The summed E-state index contributed by atoms with van der Waals surface area (Å²) in [5.41, 5.74) is 2.43. The monoisotopic (exact) mass is 336 g/mol. The van der Waals surface area contributed by atoms with Gasteiger partial charge in [0.25, 0.3) is 5.91 Å². The highest BCUT2D eigenvalue weighted by atomic mass is 16.5. The zero-order valence-electron chi connectivity index (χ0n) is 14.2. The molecule has 1 atom stereocenters. The Labute approximate surface area is 146 Å². The quantitative estimate of drug-likeness (QED) is 0.728. The van der Waals surface area contributed by atoms with Gasteiger partial charge in [-0.3, -0.25) is 9.59 Å². The number of para-hydroxylation sites is 1. The summed E-state index contributed by atoms with van der Waals surface area (Å²) in [6.45, 7) is 0. The third-order valence-corrected chi connectivity index (χ3v) is 4.25. The third kappa shape index (κ3) is 3.55. The minimum absolute atomic E-state index is 0.0804. The second kappa shape index (κ2) is 7.21. The third-order valence-electron chi connectivity index (χ3n) is 4.25. The van der Waals surface area contributed by atoms with Gasteiger partial charge in [-0.15, -0.1) is 0 Å². The van der Waals surface area contributed by atoms with Crippen LogP contribution in [0.4, 0.5) is 0 Å². The van der Waals surface area contributed by atoms with Crippen molar-refractivity contribution < 1.29 is 14.3 Å². The minimum Gasteiger partial charge on any atom is -0.469 e. The minimum atomic E-state index is -0.444. The van der Waals surface area contributed by atoms with E-state index in [0.717, 1.165) is 16.5 Å². The molecular formula is C20H20N2O3. The van der Waals surface area contributed by atoms with E-state index in [9.17, 15) is 9.59 Å². The number of esters is 1. The number of hydrogen-bond donors (Lipinski definition) is 1. The Bertz CT molecular complexity index is 900. The number of methoxy groups -OCH3 is 1. The lowest BCUT2D eigenvalue weighted by atomic mass is 10.0. The first kappa shape index (κ1) is 16.8. The molecule has 0 saturated heterocycles. The molecule has 1 amide bonds. The summed E-state index contributed by atoms with van der Waals surface area (Å²) in [5.74, 6) is -0.582. The maximum Gasteiger partial charge on any atom is 0.307 e. The van der Waals surface area contributed by atoms with Crippen LogP contribution in [0.15, 0.2) is 60.8 Å². The van der Waals surface area contributed by atoms with E-state index in [1.165, 1.54) is 7.11 Å². The number of nitrogens with one attached hydrogen (secondary N) is 1. The van der Waals surface area contributed by atoms with Gasteiger partial charge in [-0.1, -0.05) is 48.5 Å². The molecule has 0 bridgehead atoms. The molecular weight excluding hydrogens is 316 g/mol. The Morgan fingerprint density at radius 3 is 2.48 bits per heavy atom. The summed E-state index contributed by atoms with van der Waals surface area (Å²) in [4.78, 5) is 24.6. The van der Waals surface area contributed by atoms with E-state index in [0.29, 0.717) is 5.56 Å². The van der Waals surface area contributed by atoms with Crippen LogP contribution in [0.2, 0.25) is 0 Å². The number of carbonyl (C=O) groups is 2. The van der Waals surface area contributed by atoms with E-state index in [1.807, 2.05) is 66.2 Å². The van der Waals surface area contributed by atoms with Crippen molar-refractivity contribution in [3.63, 3.8) is 0 Å². The van der Waals surface area contributed by atoms with Crippen molar-refractivity contribution in [1.82, 2.24) is 9.88 Å². The highest BCUT2D eigenvalue weighted by molar-refractivity contribution is 6.07. The average Bonchev–Trinajstić information content (AvgIpc) is 2.99. The van der Waals surface area contributed by atoms with Crippen molar-refractivity contribution in [3.05, 3.63) is 71.9 Å². The summed E-state index contributed by atoms with van der Waals surface area (Å²) in [6.07, 6.45) is 1.89. The SMILES string of the molecule is COC(=O)C[C@H](NC(=O)c1cn(C)c2ccccc12)c1ccccc1. The number of ether oxygens (including phenoxy) is 1. The zero-order chi connectivity index (χ0) is 17.8. The molecule has 0 unspecified atom stereocenters. The first-order valence-corrected chi connectivity index (χ1v) is 8.07. The number of benzene rings is 2. The van der Waals surface area contributed by atoms with Gasteiger partial charge in [0, 0.05) is 24.1 Å². The molecule has 2 aromatic carbocycles. The first-order valence-electron chi connectivity index (χ1n) is 8.07. The summed E-state index contributed by atoms with van der Waals surface area (Å²) in [6, 6.07) is 16.7. The van der Waals surface area contributed by atoms with Crippen molar-refractivity contribution in [2.24, 2.45) is 7.05 Å². The van der Waals surface area contributed by atoms with Crippen molar-refractivity contribution >= 4 is 22.8 Å². The number of aryl methyl sites for hydroxylation is 1. The van der Waals surface area contributed by atoms with E-state index < -0.39 is 6.04 Å².